The van der Waals surface area contributed by atoms with Crippen LogP contribution in [0.3, 0.4) is 0 Å². The van der Waals surface area contributed by atoms with Gasteiger partial charge in [-0.25, -0.2) is 0 Å². The molecule has 0 N–H and O–H groups in total. The molecule has 3 unspecified atom stereocenters. The summed E-state index contributed by atoms with van der Waals surface area (Å²) in [6.07, 6.45) is 38.6. The van der Waals surface area contributed by atoms with Crippen molar-refractivity contribution in [2.24, 2.45) is 0 Å². The van der Waals surface area contributed by atoms with Crippen LogP contribution in [-0.4, -0.2) is 101 Å². The first kappa shape index (κ1) is 55.6. The van der Waals surface area contributed by atoms with E-state index < -0.39 is 6.03 Å². The van der Waals surface area contributed by atoms with Crippen LogP contribution in [0.25, 0.3) is 0 Å². The maximum absolute atomic E-state index is 7.54. The third kappa shape index (κ3) is 13.7. The molecule has 1 saturated heterocycles. The first-order valence-electron chi connectivity index (χ1n) is 30.2. The Morgan fingerprint density at radius 3 is 1.07 bits per heavy atom. The smallest absolute Gasteiger partial charge is 0.340 e. The van der Waals surface area contributed by atoms with E-state index in [9.17, 15) is 0 Å². The molecule has 2 fully saturated rings. The van der Waals surface area contributed by atoms with Crippen LogP contribution in [0, 0.1) is 13.8 Å². The number of fused-ring (bicyclic) bond motifs is 5. The highest BCUT2D eigenvalue weighted by Crippen LogP contribution is 2.47. The number of aryl methyl sites for hydroxylation is 2. The molecular formula is C63H108N4O2+4. The molecule has 0 radical (unpaired) electrons. The molecule has 6 heteroatoms. The minimum atomic E-state index is -0.991. The molecule has 1 saturated carbocycles. The quantitative estimate of drug-likeness (QED) is 0.0516. The fraction of sp³-hybridized carbons (Fsp3) is 0.778. The maximum atomic E-state index is 7.54. The van der Waals surface area contributed by atoms with Crippen molar-refractivity contribution in [2.45, 2.75) is 266 Å². The van der Waals surface area contributed by atoms with Crippen LogP contribution in [-0.2, 0) is 0 Å². The van der Waals surface area contributed by atoms with Crippen molar-refractivity contribution in [1.29, 1.82) is 0 Å². The van der Waals surface area contributed by atoms with Gasteiger partial charge in [-0.15, -0.1) is 0 Å². The standard InChI is InChI=1S/C63H108N4O2/c1-11-19-31-53(32-20-12-2)55-45-51(9)61-57(47-55)49-64-59-35-27-28-36-60(59)65-50-58-48-56(46-52(10)62(58)69-63(64,65)68-61)54(33-29-43-66(37-21-13-3,38-22-14-4)39-23-15-5)34-30-44-67(40-24-16-6,41-25-17-7)42-26-18-8/h45-50,53-54,59-60H,11-44H2,1-10H3/q+4. The van der Waals surface area contributed by atoms with E-state index in [1.165, 1.54) is 256 Å². The largest absolute Gasteiger partial charge is 0.704 e. The van der Waals surface area contributed by atoms with Gasteiger partial charge in [0.25, 0.3) is 0 Å². The number of nitrogens with zero attached hydrogens (tertiary/aromatic N) is 4. The summed E-state index contributed by atoms with van der Waals surface area (Å²) >= 11 is 0. The van der Waals surface area contributed by atoms with Gasteiger partial charge >= 0.3 is 6.03 Å². The molecule has 0 amide bonds. The predicted molar refractivity (Wildman–Crippen MR) is 295 cm³/mol. The van der Waals surface area contributed by atoms with E-state index >= 15 is 0 Å². The van der Waals surface area contributed by atoms with Crippen LogP contribution in [0.5, 0.6) is 11.5 Å². The number of hydrogen-bond donors (Lipinski definition) is 0. The fourth-order valence-corrected chi connectivity index (χ4v) is 13.6. The number of unbranched alkanes of at least 4 members (excludes halogenated alkanes) is 8. The molecular weight excluding hydrogens is 845 g/mol. The Morgan fingerprint density at radius 2 is 0.754 bits per heavy atom. The monoisotopic (exact) mass is 953 g/mol. The summed E-state index contributed by atoms with van der Waals surface area (Å²) in [6, 6.07) is 9.83. The molecule has 3 atom stereocenters. The number of rotatable bonds is 34. The van der Waals surface area contributed by atoms with Crippen LogP contribution >= 0.6 is 0 Å². The lowest BCUT2D eigenvalue weighted by molar-refractivity contribution is -0.929. The predicted octanol–water partition coefficient (Wildman–Crippen LogP) is 16.1. The zero-order valence-electron chi connectivity index (χ0n) is 46.9. The Kier molecular flexibility index (Phi) is 22.1. The number of quaternary nitrogens is 2. The average molecular weight is 954 g/mol. The molecule has 2 aromatic carbocycles. The average Bonchev–Trinajstić information content (AvgIpc) is 3.63. The topological polar surface area (TPSA) is 24.5 Å². The number of hydrogen-bond acceptors (Lipinski definition) is 2. The number of ether oxygens (including phenoxy) is 2. The van der Waals surface area contributed by atoms with Gasteiger partial charge < -0.3 is 18.4 Å². The van der Waals surface area contributed by atoms with Gasteiger partial charge in [0.15, 0.2) is 23.9 Å². The molecule has 0 aromatic heterocycles. The molecule has 4 aliphatic rings. The first-order chi connectivity index (χ1) is 33.6. The molecule has 2 aromatic rings. The van der Waals surface area contributed by atoms with Gasteiger partial charge in [0.2, 0.25) is 12.1 Å². The minimum Gasteiger partial charge on any atom is -0.340 e. The van der Waals surface area contributed by atoms with E-state index in [-0.39, 0.29) is 0 Å². The van der Waals surface area contributed by atoms with Crippen LogP contribution in [0.15, 0.2) is 24.3 Å². The highest BCUT2D eigenvalue weighted by atomic mass is 16.7. The Bertz CT molecular complexity index is 1840. The molecule has 69 heavy (non-hydrogen) atoms. The Balaban J connectivity index is 1.36. The normalized spacial score (nSPS) is 19.7. The van der Waals surface area contributed by atoms with Gasteiger partial charge in [0.1, 0.15) is 0 Å². The second-order valence-electron chi connectivity index (χ2n) is 23.3. The summed E-state index contributed by atoms with van der Waals surface area (Å²) in [6.45, 7) is 34.5. The van der Waals surface area contributed by atoms with Crippen molar-refractivity contribution in [3.63, 3.8) is 0 Å². The van der Waals surface area contributed by atoms with E-state index in [1.54, 1.807) is 5.56 Å². The summed E-state index contributed by atoms with van der Waals surface area (Å²) in [5.41, 5.74) is 8.06. The Labute approximate surface area is 425 Å². The van der Waals surface area contributed by atoms with Crippen LogP contribution in [0.2, 0.25) is 0 Å². The Morgan fingerprint density at radius 1 is 0.449 bits per heavy atom. The van der Waals surface area contributed by atoms with Gasteiger partial charge in [-0.2, -0.15) is 0 Å². The van der Waals surface area contributed by atoms with Crippen LogP contribution in [0.4, 0.5) is 0 Å². The summed E-state index contributed by atoms with van der Waals surface area (Å²) in [4.78, 5) is 0. The molecule has 1 aliphatic carbocycles. The highest BCUT2D eigenvalue weighted by Gasteiger charge is 2.76. The summed E-state index contributed by atoms with van der Waals surface area (Å²) in [5.74, 6) is 3.18. The van der Waals surface area contributed by atoms with E-state index in [0.717, 1.165) is 11.5 Å². The van der Waals surface area contributed by atoms with Gasteiger partial charge in [0, 0.05) is 12.8 Å². The van der Waals surface area contributed by atoms with Gasteiger partial charge in [-0.3, -0.25) is 0 Å². The third-order valence-corrected chi connectivity index (χ3v) is 17.8. The zero-order chi connectivity index (χ0) is 49.3. The summed E-state index contributed by atoms with van der Waals surface area (Å²) < 4.78 is 22.8. The van der Waals surface area contributed by atoms with Gasteiger partial charge in [-0.05, 0) is 150 Å². The molecule has 3 heterocycles. The van der Waals surface area contributed by atoms with Gasteiger partial charge in [-0.1, -0.05) is 141 Å². The molecule has 1 spiro atoms. The van der Waals surface area contributed by atoms with Crippen molar-refractivity contribution in [3.05, 3.63) is 57.6 Å². The van der Waals surface area contributed by atoms with Crippen LogP contribution < -0.4 is 9.47 Å². The van der Waals surface area contributed by atoms with Crippen LogP contribution in [0.1, 0.15) is 268 Å². The molecule has 6 rings (SSSR count). The van der Waals surface area contributed by atoms with Crippen molar-refractivity contribution in [3.8, 4) is 11.5 Å². The lowest BCUT2D eigenvalue weighted by Crippen LogP contribution is -2.60. The Hall–Kier alpha value is -2.70. The minimum absolute atomic E-state index is 0.361. The zero-order valence-corrected chi connectivity index (χ0v) is 46.9. The molecule has 3 aliphatic heterocycles. The van der Waals surface area contributed by atoms with Gasteiger partial charge in [0.05, 0.1) is 63.5 Å². The van der Waals surface area contributed by atoms with E-state index in [4.69, 9.17) is 9.47 Å². The van der Waals surface area contributed by atoms with Crippen molar-refractivity contribution < 1.29 is 27.6 Å². The SMILES string of the molecule is CCCCC(CCCC)c1cc(C)c2c(c1)C=[N+]1C3CCCCC3[N+]3=Cc4cc(C(CCC[N+](CCCC)(CCCC)CCCC)CCC[N+](CCCC)(CCCC)CCCC)cc(C)c4OC13O2. The van der Waals surface area contributed by atoms with Crippen molar-refractivity contribution >= 4 is 12.4 Å². The lowest BCUT2D eigenvalue weighted by Gasteiger charge is -2.40. The highest BCUT2D eigenvalue weighted by molar-refractivity contribution is 5.84. The second kappa shape index (κ2) is 27.4. The second-order valence-corrected chi connectivity index (χ2v) is 23.3. The molecule has 0 bridgehead atoms. The van der Waals surface area contributed by atoms with E-state index in [1.807, 2.05) is 0 Å². The molecule has 388 valence electrons. The molecule has 6 nitrogen and oxygen atoms in total. The first-order valence-corrected chi connectivity index (χ1v) is 30.2. The van der Waals surface area contributed by atoms with E-state index in [0.29, 0.717) is 23.9 Å². The fourth-order valence-electron chi connectivity index (χ4n) is 13.6. The van der Waals surface area contributed by atoms with Crippen molar-refractivity contribution in [2.75, 3.05) is 52.4 Å². The lowest BCUT2D eigenvalue weighted by atomic mass is 9.87. The maximum Gasteiger partial charge on any atom is 0.704 e. The summed E-state index contributed by atoms with van der Waals surface area (Å²) in [7, 11) is 0. The third-order valence-electron chi connectivity index (χ3n) is 17.8. The van der Waals surface area contributed by atoms with Crippen molar-refractivity contribution in [1.82, 2.24) is 0 Å². The van der Waals surface area contributed by atoms with E-state index in [2.05, 4.69) is 115 Å². The number of benzene rings is 2. The summed E-state index contributed by atoms with van der Waals surface area (Å²) in [5, 5.41) is 0.